The highest BCUT2D eigenvalue weighted by atomic mass is 16.5. The Morgan fingerprint density at radius 2 is 1.82 bits per heavy atom. The van der Waals surface area contributed by atoms with E-state index in [-0.39, 0.29) is 0 Å². The van der Waals surface area contributed by atoms with Crippen LogP contribution in [0.1, 0.15) is 57.9 Å². The molecule has 17 heavy (non-hydrogen) atoms. The molecule has 1 rings (SSSR count). The van der Waals surface area contributed by atoms with Crippen LogP contribution < -0.4 is 4.74 Å². The van der Waals surface area contributed by atoms with Crippen molar-refractivity contribution in [2.75, 3.05) is 6.61 Å². The Morgan fingerprint density at radius 1 is 1.06 bits per heavy atom. The quantitative estimate of drug-likeness (QED) is 0.545. The molecule has 0 bridgehead atoms. The Kier molecular flexibility index (Phi) is 7.53. The number of rotatable bonds is 9. The molecule has 0 atom stereocenters. The zero-order chi connectivity index (χ0) is 12.3. The Bertz CT molecular complexity index is 293. The first-order valence-electron chi connectivity index (χ1n) is 6.89. The number of unbranched alkanes of at least 4 members (excludes halogenated alkanes) is 5. The Morgan fingerprint density at radius 3 is 2.59 bits per heavy atom. The van der Waals surface area contributed by atoms with Crippen molar-refractivity contribution in [3.05, 3.63) is 36.2 Å². The van der Waals surface area contributed by atoms with Crippen molar-refractivity contribution < 1.29 is 4.74 Å². The molecule has 0 aliphatic heterocycles. The van der Waals surface area contributed by atoms with Crippen LogP contribution in [0.3, 0.4) is 0 Å². The number of ether oxygens (including phenoxy) is 1. The molecule has 1 radical (unpaired) electrons. The standard InChI is InChI=1S/C16H25O/c1-3-5-6-7-8-9-13-17-16-12-10-11-15(4-2)14-16/h4,10-12,14H,3,5-9,13H2,1-2H3. The molecule has 0 saturated carbocycles. The zero-order valence-electron chi connectivity index (χ0n) is 11.2. The molecule has 1 nitrogen and oxygen atoms in total. The fraction of sp³-hybridized carbons (Fsp3) is 0.562. The maximum Gasteiger partial charge on any atom is 0.119 e. The molecule has 1 aromatic rings. The first kappa shape index (κ1) is 14.1. The van der Waals surface area contributed by atoms with E-state index < -0.39 is 0 Å². The molecule has 0 aromatic heterocycles. The first-order valence-corrected chi connectivity index (χ1v) is 6.89. The summed E-state index contributed by atoms with van der Waals surface area (Å²) in [6, 6.07) is 8.27. The average molecular weight is 233 g/mol. The van der Waals surface area contributed by atoms with Crippen LogP contribution in [-0.4, -0.2) is 6.61 Å². The number of hydrogen-bond donors (Lipinski definition) is 0. The molecule has 0 unspecified atom stereocenters. The van der Waals surface area contributed by atoms with Crippen molar-refractivity contribution in [3.63, 3.8) is 0 Å². The third-order valence-corrected chi connectivity index (χ3v) is 2.96. The summed E-state index contributed by atoms with van der Waals surface area (Å²) in [7, 11) is 0. The molecule has 1 aromatic carbocycles. The minimum atomic E-state index is 0.847. The normalized spacial score (nSPS) is 10.5. The summed E-state index contributed by atoms with van der Waals surface area (Å²) in [6.45, 7) is 5.15. The third kappa shape index (κ3) is 6.35. The average Bonchev–Trinajstić information content (AvgIpc) is 2.38. The van der Waals surface area contributed by atoms with E-state index >= 15 is 0 Å². The SMILES string of the molecule is C[CH]c1cccc(OCCCCCCCC)c1. The van der Waals surface area contributed by atoms with E-state index in [2.05, 4.69) is 25.5 Å². The van der Waals surface area contributed by atoms with Gasteiger partial charge in [-0.25, -0.2) is 0 Å². The van der Waals surface area contributed by atoms with Crippen molar-refractivity contribution in [2.45, 2.75) is 52.4 Å². The second-order valence-electron chi connectivity index (χ2n) is 4.48. The van der Waals surface area contributed by atoms with E-state index in [0.717, 1.165) is 12.4 Å². The van der Waals surface area contributed by atoms with E-state index in [0.29, 0.717) is 0 Å². The second-order valence-corrected chi connectivity index (χ2v) is 4.48. The van der Waals surface area contributed by atoms with E-state index in [1.54, 1.807) is 0 Å². The summed E-state index contributed by atoms with van der Waals surface area (Å²) < 4.78 is 5.74. The summed E-state index contributed by atoms with van der Waals surface area (Å²) in [5, 5.41) is 0. The van der Waals surface area contributed by atoms with Crippen LogP contribution >= 0.6 is 0 Å². The molecule has 0 fully saturated rings. The van der Waals surface area contributed by atoms with Crippen molar-refractivity contribution in [3.8, 4) is 5.75 Å². The van der Waals surface area contributed by atoms with Gasteiger partial charge in [-0.05, 0) is 30.5 Å². The van der Waals surface area contributed by atoms with Crippen molar-refractivity contribution in [2.24, 2.45) is 0 Å². The largest absolute Gasteiger partial charge is 0.494 e. The predicted octanol–water partition coefficient (Wildman–Crippen LogP) is 5.00. The van der Waals surface area contributed by atoms with E-state index in [9.17, 15) is 0 Å². The topological polar surface area (TPSA) is 9.23 Å². The van der Waals surface area contributed by atoms with Gasteiger partial charge in [0.1, 0.15) is 5.75 Å². The molecule has 0 heterocycles. The smallest absolute Gasteiger partial charge is 0.119 e. The van der Waals surface area contributed by atoms with Crippen molar-refractivity contribution in [1.82, 2.24) is 0 Å². The lowest BCUT2D eigenvalue weighted by atomic mass is 10.1. The fourth-order valence-electron chi connectivity index (χ4n) is 1.86. The van der Waals surface area contributed by atoms with Crippen LogP contribution in [0.4, 0.5) is 0 Å². The summed E-state index contributed by atoms with van der Waals surface area (Å²) in [5.74, 6) is 0.995. The lowest BCUT2D eigenvalue weighted by molar-refractivity contribution is 0.304. The van der Waals surface area contributed by atoms with Gasteiger partial charge < -0.3 is 4.74 Å². The second kappa shape index (κ2) is 9.09. The minimum Gasteiger partial charge on any atom is -0.494 e. The van der Waals surface area contributed by atoms with Crippen molar-refractivity contribution >= 4 is 0 Å². The van der Waals surface area contributed by atoms with Gasteiger partial charge in [-0.2, -0.15) is 0 Å². The van der Waals surface area contributed by atoms with Crippen LogP contribution in [0.2, 0.25) is 0 Å². The lowest BCUT2D eigenvalue weighted by Gasteiger charge is -2.07. The Hall–Kier alpha value is -0.980. The predicted molar refractivity (Wildman–Crippen MR) is 74.4 cm³/mol. The molecular formula is C16H25O. The zero-order valence-corrected chi connectivity index (χ0v) is 11.2. The van der Waals surface area contributed by atoms with Crippen LogP contribution in [0, 0.1) is 6.42 Å². The van der Waals surface area contributed by atoms with Crippen LogP contribution in [0.25, 0.3) is 0 Å². The van der Waals surface area contributed by atoms with Gasteiger partial charge in [-0.1, -0.05) is 58.1 Å². The molecule has 95 valence electrons. The van der Waals surface area contributed by atoms with Crippen LogP contribution in [-0.2, 0) is 0 Å². The van der Waals surface area contributed by atoms with Crippen LogP contribution in [0.15, 0.2) is 24.3 Å². The highest BCUT2D eigenvalue weighted by Crippen LogP contribution is 2.15. The number of benzene rings is 1. The van der Waals surface area contributed by atoms with Gasteiger partial charge >= 0.3 is 0 Å². The highest BCUT2D eigenvalue weighted by molar-refractivity contribution is 5.32. The number of hydrogen-bond acceptors (Lipinski definition) is 1. The molecule has 1 heteroatoms. The lowest BCUT2D eigenvalue weighted by Crippen LogP contribution is -1.97. The Labute approximate surface area is 106 Å². The fourth-order valence-corrected chi connectivity index (χ4v) is 1.86. The highest BCUT2D eigenvalue weighted by Gasteiger charge is 1.96. The maximum absolute atomic E-state index is 5.74. The summed E-state index contributed by atoms with van der Waals surface area (Å²) in [4.78, 5) is 0. The van der Waals surface area contributed by atoms with Crippen LogP contribution in [0.5, 0.6) is 5.75 Å². The molecule has 0 saturated heterocycles. The molecule has 0 spiro atoms. The van der Waals surface area contributed by atoms with Gasteiger partial charge in [-0.15, -0.1) is 0 Å². The van der Waals surface area contributed by atoms with E-state index in [4.69, 9.17) is 4.74 Å². The van der Waals surface area contributed by atoms with Gasteiger partial charge in [0.05, 0.1) is 6.61 Å². The minimum absolute atomic E-state index is 0.847. The summed E-state index contributed by atoms with van der Waals surface area (Å²) in [5.41, 5.74) is 1.23. The maximum atomic E-state index is 5.74. The monoisotopic (exact) mass is 233 g/mol. The molecule has 0 N–H and O–H groups in total. The van der Waals surface area contributed by atoms with Gasteiger partial charge in [-0.3, -0.25) is 0 Å². The summed E-state index contributed by atoms with van der Waals surface area (Å²) >= 11 is 0. The third-order valence-electron chi connectivity index (χ3n) is 2.96. The van der Waals surface area contributed by atoms with E-state index in [1.165, 1.54) is 44.1 Å². The first-order chi connectivity index (χ1) is 8.36. The van der Waals surface area contributed by atoms with Crippen molar-refractivity contribution in [1.29, 1.82) is 0 Å². The molecule has 0 aliphatic rings. The summed E-state index contributed by atoms with van der Waals surface area (Å²) in [6.07, 6.45) is 9.96. The molecule has 0 aliphatic carbocycles. The van der Waals surface area contributed by atoms with Gasteiger partial charge in [0, 0.05) is 0 Å². The molecule has 0 amide bonds. The van der Waals surface area contributed by atoms with Gasteiger partial charge in [0.15, 0.2) is 0 Å². The van der Waals surface area contributed by atoms with Gasteiger partial charge in [0.2, 0.25) is 0 Å². The molecular weight excluding hydrogens is 208 g/mol. The van der Waals surface area contributed by atoms with E-state index in [1.807, 2.05) is 19.1 Å². The van der Waals surface area contributed by atoms with Gasteiger partial charge in [0.25, 0.3) is 0 Å². The Balaban J connectivity index is 2.09.